The summed E-state index contributed by atoms with van der Waals surface area (Å²) >= 11 is 1.61. The van der Waals surface area contributed by atoms with E-state index in [-0.39, 0.29) is 24.8 Å². The fourth-order valence-corrected chi connectivity index (χ4v) is 1.06. The fourth-order valence-electron chi connectivity index (χ4n) is 0.428. The van der Waals surface area contributed by atoms with Crippen molar-refractivity contribution in [1.29, 1.82) is 0 Å². The van der Waals surface area contributed by atoms with Gasteiger partial charge in [-0.25, -0.2) is 0 Å². The van der Waals surface area contributed by atoms with E-state index >= 15 is 0 Å². The molecule has 0 amide bonds. The summed E-state index contributed by atoms with van der Waals surface area (Å²) in [6.45, 7) is 0. The molecule has 0 fully saturated rings. The van der Waals surface area contributed by atoms with Crippen LogP contribution in [0.1, 0.15) is 6.42 Å². The Labute approximate surface area is 73.1 Å². The zero-order valence-corrected chi connectivity index (χ0v) is 8.73. The van der Waals surface area contributed by atoms with Crippen molar-refractivity contribution >= 4 is 24.8 Å². The van der Waals surface area contributed by atoms with E-state index in [9.17, 15) is 0 Å². The fraction of sp³-hybridized carbons (Fsp3) is 0.200. The summed E-state index contributed by atoms with van der Waals surface area (Å²) in [5.41, 5.74) is 0. The SMILES string of the molecule is Cl.Cl.[W][C]1=CC=CC1. The predicted octanol–water partition coefficient (Wildman–Crippen LogP) is 2.22. The van der Waals surface area contributed by atoms with Crippen molar-refractivity contribution in [3.05, 3.63) is 22.2 Å². The van der Waals surface area contributed by atoms with Crippen LogP contribution in [0, 0.1) is 0 Å². The topological polar surface area (TPSA) is 0 Å². The molecule has 0 N–H and O–H groups in total. The molecule has 1 rings (SSSR count). The summed E-state index contributed by atoms with van der Waals surface area (Å²) < 4.78 is 1.55. The van der Waals surface area contributed by atoms with Crippen molar-refractivity contribution in [2.45, 2.75) is 6.42 Å². The third kappa shape index (κ3) is 3.71. The van der Waals surface area contributed by atoms with Crippen molar-refractivity contribution in [2.75, 3.05) is 0 Å². The molecule has 1 aliphatic carbocycles. The van der Waals surface area contributed by atoms with Crippen molar-refractivity contribution < 1.29 is 19.8 Å². The molecule has 0 heterocycles. The minimum absolute atomic E-state index is 0. The second-order valence-corrected chi connectivity index (χ2v) is 3.15. The standard InChI is InChI=1S/C5H5.2ClH.W/c1-2-4-5-3-1;;;/h1-3H,4H2;2*1H;. The Morgan fingerprint density at radius 3 is 2.12 bits per heavy atom. The van der Waals surface area contributed by atoms with Gasteiger partial charge in [0.15, 0.2) is 0 Å². The van der Waals surface area contributed by atoms with Gasteiger partial charge < -0.3 is 0 Å². The molecular formula is C5H7Cl2W. The number of halogens is 2. The van der Waals surface area contributed by atoms with E-state index in [1.165, 1.54) is 6.42 Å². The van der Waals surface area contributed by atoms with E-state index in [2.05, 4.69) is 18.2 Å². The van der Waals surface area contributed by atoms with Gasteiger partial charge in [0.05, 0.1) is 0 Å². The zero-order valence-electron chi connectivity index (χ0n) is 4.16. The van der Waals surface area contributed by atoms with Crippen LogP contribution in [-0.4, -0.2) is 0 Å². The summed E-state index contributed by atoms with van der Waals surface area (Å²) in [5.74, 6) is 0. The molecule has 0 radical (unpaired) electrons. The Bertz CT molecular complexity index is 107. The Hall–Kier alpha value is 0.748. The van der Waals surface area contributed by atoms with Crippen LogP contribution in [0.25, 0.3) is 0 Å². The Balaban J connectivity index is 0. The van der Waals surface area contributed by atoms with E-state index in [1.54, 1.807) is 23.8 Å². The number of hydrogen-bond acceptors (Lipinski definition) is 0. The van der Waals surface area contributed by atoms with E-state index in [0.29, 0.717) is 0 Å². The first kappa shape index (κ1) is 11.5. The molecule has 0 unspecified atom stereocenters. The molecule has 47 valence electrons. The molecule has 0 spiro atoms. The number of hydrogen-bond donors (Lipinski definition) is 0. The average Bonchev–Trinajstić information content (AvgIpc) is 1.86. The van der Waals surface area contributed by atoms with Crippen LogP contribution in [0.2, 0.25) is 0 Å². The second kappa shape index (κ2) is 5.88. The summed E-state index contributed by atoms with van der Waals surface area (Å²) in [4.78, 5) is 0. The molecule has 0 saturated carbocycles. The second-order valence-electron chi connectivity index (χ2n) is 1.27. The summed E-state index contributed by atoms with van der Waals surface area (Å²) in [6, 6.07) is 0. The van der Waals surface area contributed by atoms with Crippen molar-refractivity contribution in [1.82, 2.24) is 0 Å². The maximum atomic E-state index is 2.18. The van der Waals surface area contributed by atoms with Gasteiger partial charge in [-0.3, -0.25) is 0 Å². The van der Waals surface area contributed by atoms with E-state index in [1.807, 2.05) is 0 Å². The minimum atomic E-state index is 0. The van der Waals surface area contributed by atoms with Gasteiger partial charge in [-0.2, -0.15) is 0 Å². The molecular weight excluding hydrogens is 315 g/mol. The van der Waals surface area contributed by atoms with E-state index in [4.69, 9.17) is 0 Å². The van der Waals surface area contributed by atoms with Gasteiger partial charge >= 0.3 is 48.4 Å². The number of allylic oxidation sites excluding steroid dienone is 4. The first-order chi connectivity index (χ1) is 2.89. The first-order valence-electron chi connectivity index (χ1n) is 1.92. The predicted molar refractivity (Wildman–Crippen MR) is 36.3 cm³/mol. The van der Waals surface area contributed by atoms with Crippen molar-refractivity contribution in [3.8, 4) is 0 Å². The molecule has 0 bridgehead atoms. The molecule has 0 nitrogen and oxygen atoms in total. The summed E-state index contributed by atoms with van der Waals surface area (Å²) in [7, 11) is 0. The van der Waals surface area contributed by atoms with Gasteiger partial charge in [-0.1, -0.05) is 0 Å². The monoisotopic (exact) mass is 321 g/mol. The summed E-state index contributed by atoms with van der Waals surface area (Å²) in [5, 5.41) is 0. The third-order valence-corrected chi connectivity index (χ3v) is 1.82. The van der Waals surface area contributed by atoms with Crippen LogP contribution in [0.15, 0.2) is 22.2 Å². The van der Waals surface area contributed by atoms with Crippen LogP contribution >= 0.6 is 24.8 Å². The van der Waals surface area contributed by atoms with Gasteiger partial charge in [0.2, 0.25) is 0 Å². The van der Waals surface area contributed by atoms with Crippen molar-refractivity contribution in [3.63, 3.8) is 0 Å². The molecule has 8 heavy (non-hydrogen) atoms. The average molecular weight is 322 g/mol. The van der Waals surface area contributed by atoms with Crippen LogP contribution in [0.3, 0.4) is 0 Å². The quantitative estimate of drug-likeness (QED) is 0.642. The van der Waals surface area contributed by atoms with Gasteiger partial charge in [0.1, 0.15) is 0 Å². The Morgan fingerprint density at radius 2 is 2.00 bits per heavy atom. The van der Waals surface area contributed by atoms with E-state index in [0.717, 1.165) is 0 Å². The van der Waals surface area contributed by atoms with Crippen LogP contribution < -0.4 is 0 Å². The van der Waals surface area contributed by atoms with Crippen LogP contribution in [0.5, 0.6) is 0 Å². The van der Waals surface area contributed by atoms with Gasteiger partial charge in [-0.15, -0.1) is 24.8 Å². The molecule has 0 aliphatic heterocycles. The third-order valence-electron chi connectivity index (χ3n) is 0.737. The Kier molecular flexibility index (Phi) is 8.47. The molecule has 0 aromatic heterocycles. The van der Waals surface area contributed by atoms with Gasteiger partial charge in [-0.05, 0) is 0 Å². The molecule has 1 aliphatic rings. The van der Waals surface area contributed by atoms with Crippen LogP contribution in [-0.2, 0) is 19.8 Å². The van der Waals surface area contributed by atoms with Gasteiger partial charge in [0.25, 0.3) is 0 Å². The van der Waals surface area contributed by atoms with Crippen LogP contribution in [0.4, 0.5) is 0 Å². The first-order valence-corrected chi connectivity index (χ1v) is 3.39. The van der Waals surface area contributed by atoms with Gasteiger partial charge in [0, 0.05) is 0 Å². The van der Waals surface area contributed by atoms with E-state index < -0.39 is 0 Å². The molecule has 0 saturated heterocycles. The molecule has 0 aromatic rings. The summed E-state index contributed by atoms with van der Waals surface area (Å²) in [6.07, 6.45) is 7.68. The maximum absolute atomic E-state index is 2.18. The number of rotatable bonds is 0. The Morgan fingerprint density at radius 1 is 1.38 bits per heavy atom. The molecule has 0 atom stereocenters. The normalized spacial score (nSPS) is 13.8. The zero-order chi connectivity index (χ0) is 4.41. The van der Waals surface area contributed by atoms with Crippen molar-refractivity contribution in [2.24, 2.45) is 0 Å². The molecule has 3 heteroatoms. The molecule has 0 aromatic carbocycles.